The van der Waals surface area contributed by atoms with Crippen molar-refractivity contribution in [3.05, 3.63) is 62.6 Å². The fourth-order valence-electron chi connectivity index (χ4n) is 4.26. The van der Waals surface area contributed by atoms with Crippen LogP contribution in [0.15, 0.2) is 33.8 Å². The molecule has 2 heterocycles. The molecule has 2 aromatic rings. The Morgan fingerprint density at radius 3 is 2.53 bits per heavy atom. The lowest BCUT2D eigenvalue weighted by molar-refractivity contribution is -0.384. The van der Waals surface area contributed by atoms with E-state index in [4.69, 9.17) is 4.42 Å². The molecule has 0 spiro atoms. The zero-order valence-electron chi connectivity index (χ0n) is 18.2. The van der Waals surface area contributed by atoms with Crippen LogP contribution in [0.3, 0.4) is 0 Å². The van der Waals surface area contributed by atoms with Crippen molar-refractivity contribution in [3.63, 3.8) is 0 Å². The number of hydrazone groups is 1. The number of nitro benzene ring substituents is 1. The molecular formula is C23H26N4O5. The number of nitro groups is 1. The summed E-state index contributed by atoms with van der Waals surface area (Å²) in [5.74, 6) is 1.17. The lowest BCUT2D eigenvalue weighted by Crippen LogP contribution is -2.38. The molecule has 2 amide bonds. The number of amides is 2. The van der Waals surface area contributed by atoms with Crippen LogP contribution in [-0.2, 0) is 6.42 Å². The Bertz CT molecular complexity index is 1080. The molecule has 2 aliphatic rings. The van der Waals surface area contributed by atoms with Gasteiger partial charge in [0.25, 0.3) is 17.5 Å². The van der Waals surface area contributed by atoms with Crippen LogP contribution < -0.4 is 5.43 Å². The molecule has 168 valence electrons. The van der Waals surface area contributed by atoms with Gasteiger partial charge in [-0.1, -0.05) is 6.92 Å². The quantitative estimate of drug-likeness (QED) is 0.575. The summed E-state index contributed by atoms with van der Waals surface area (Å²) >= 11 is 0. The normalized spacial score (nSPS) is 17.8. The molecule has 1 aliphatic heterocycles. The fraction of sp³-hybridized carbons (Fsp3) is 0.435. The topological polar surface area (TPSA) is 118 Å². The van der Waals surface area contributed by atoms with Gasteiger partial charge in [-0.15, -0.1) is 0 Å². The summed E-state index contributed by atoms with van der Waals surface area (Å²) in [5.41, 5.74) is 4.95. The first-order valence-electron chi connectivity index (χ1n) is 10.9. The van der Waals surface area contributed by atoms with Crippen LogP contribution in [0.2, 0.25) is 0 Å². The van der Waals surface area contributed by atoms with Gasteiger partial charge in [0, 0.05) is 48.3 Å². The molecule has 1 aromatic carbocycles. The highest BCUT2D eigenvalue weighted by Crippen LogP contribution is 2.31. The standard InChI is InChI=1S/C23H26N4O5/c1-14-10-12-26(13-11-14)23(29)21-15(2)20-18(4-3-5-19(20)32-21)24-25-22(28)16-6-8-17(9-7-16)27(30)31/h6-9,14H,3-5,10-13H2,1-2H3,(H,25,28)/b24-18+. The smallest absolute Gasteiger partial charge is 0.289 e. The van der Waals surface area contributed by atoms with Crippen molar-refractivity contribution in [2.45, 2.75) is 46.0 Å². The highest BCUT2D eigenvalue weighted by atomic mass is 16.6. The zero-order chi connectivity index (χ0) is 22.8. The molecule has 9 nitrogen and oxygen atoms in total. The lowest BCUT2D eigenvalue weighted by Gasteiger charge is -2.29. The SMILES string of the molecule is Cc1c(C(=O)N2CCC(C)CC2)oc2c1/C(=N/NC(=O)c1ccc([N+](=O)[O-])cc1)CCC2. The molecule has 1 aromatic heterocycles. The maximum absolute atomic E-state index is 13.1. The molecule has 1 N–H and O–H groups in total. The average molecular weight is 438 g/mol. The fourth-order valence-corrected chi connectivity index (χ4v) is 4.26. The second-order valence-corrected chi connectivity index (χ2v) is 8.49. The van der Waals surface area contributed by atoms with Gasteiger partial charge in [-0.25, -0.2) is 5.43 Å². The van der Waals surface area contributed by atoms with E-state index >= 15 is 0 Å². The van der Waals surface area contributed by atoms with Crippen molar-refractivity contribution in [1.82, 2.24) is 10.3 Å². The number of likely N-dealkylation sites (tertiary alicyclic amines) is 1. The average Bonchev–Trinajstić information content (AvgIpc) is 3.14. The zero-order valence-corrected chi connectivity index (χ0v) is 18.2. The number of carbonyl (C=O) groups is 2. The van der Waals surface area contributed by atoms with Gasteiger partial charge < -0.3 is 9.32 Å². The van der Waals surface area contributed by atoms with Crippen molar-refractivity contribution in [3.8, 4) is 0 Å². The van der Waals surface area contributed by atoms with Crippen LogP contribution in [0.4, 0.5) is 5.69 Å². The number of aryl methyl sites for hydroxylation is 1. The molecule has 0 atom stereocenters. The van der Waals surface area contributed by atoms with E-state index < -0.39 is 10.8 Å². The van der Waals surface area contributed by atoms with Crippen molar-refractivity contribution >= 4 is 23.2 Å². The maximum Gasteiger partial charge on any atom is 0.289 e. The van der Waals surface area contributed by atoms with Crippen LogP contribution in [0.25, 0.3) is 0 Å². The minimum atomic E-state index is -0.517. The summed E-state index contributed by atoms with van der Waals surface area (Å²) in [6.07, 6.45) is 4.17. The van der Waals surface area contributed by atoms with Crippen molar-refractivity contribution in [2.75, 3.05) is 13.1 Å². The minimum Gasteiger partial charge on any atom is -0.455 e. The maximum atomic E-state index is 13.1. The molecule has 1 aliphatic carbocycles. The Hall–Kier alpha value is -3.49. The van der Waals surface area contributed by atoms with Gasteiger partial charge in [-0.2, -0.15) is 5.10 Å². The number of piperidine rings is 1. The van der Waals surface area contributed by atoms with Crippen molar-refractivity contribution in [1.29, 1.82) is 0 Å². The summed E-state index contributed by atoms with van der Waals surface area (Å²) in [5, 5.41) is 15.1. The number of non-ortho nitro benzene ring substituents is 1. The molecular weight excluding hydrogens is 412 g/mol. The number of nitrogens with one attached hydrogen (secondary N) is 1. The molecule has 9 heteroatoms. The van der Waals surface area contributed by atoms with E-state index in [0.717, 1.165) is 55.7 Å². The van der Waals surface area contributed by atoms with E-state index in [9.17, 15) is 19.7 Å². The van der Waals surface area contributed by atoms with Gasteiger partial charge in [0.05, 0.1) is 10.6 Å². The van der Waals surface area contributed by atoms with Gasteiger partial charge in [0.15, 0.2) is 5.76 Å². The highest BCUT2D eigenvalue weighted by Gasteiger charge is 2.31. The van der Waals surface area contributed by atoms with Crippen LogP contribution in [0, 0.1) is 23.0 Å². The highest BCUT2D eigenvalue weighted by molar-refractivity contribution is 6.07. The summed E-state index contributed by atoms with van der Waals surface area (Å²) in [7, 11) is 0. The van der Waals surface area contributed by atoms with Gasteiger partial charge in [0.1, 0.15) is 5.76 Å². The number of hydrogen-bond acceptors (Lipinski definition) is 6. The number of carbonyl (C=O) groups excluding carboxylic acids is 2. The number of hydrogen-bond donors (Lipinski definition) is 1. The van der Waals surface area contributed by atoms with Gasteiger partial charge in [-0.3, -0.25) is 19.7 Å². The van der Waals surface area contributed by atoms with Gasteiger partial charge in [-0.05, 0) is 50.7 Å². The third kappa shape index (κ3) is 4.28. The molecule has 0 saturated carbocycles. The summed E-state index contributed by atoms with van der Waals surface area (Å²) in [4.78, 5) is 37.6. The Balaban J connectivity index is 1.53. The van der Waals surface area contributed by atoms with E-state index in [-0.39, 0.29) is 17.2 Å². The molecule has 1 saturated heterocycles. The van der Waals surface area contributed by atoms with Crippen LogP contribution in [0.5, 0.6) is 0 Å². The van der Waals surface area contributed by atoms with E-state index in [2.05, 4.69) is 17.5 Å². The third-order valence-corrected chi connectivity index (χ3v) is 6.22. The summed E-state index contributed by atoms with van der Waals surface area (Å²) in [6.45, 7) is 5.53. The van der Waals surface area contributed by atoms with E-state index in [1.165, 1.54) is 24.3 Å². The summed E-state index contributed by atoms with van der Waals surface area (Å²) in [6, 6.07) is 5.33. The summed E-state index contributed by atoms with van der Waals surface area (Å²) < 4.78 is 5.99. The predicted molar refractivity (Wildman–Crippen MR) is 118 cm³/mol. The minimum absolute atomic E-state index is 0.0841. The Labute approximate surface area is 185 Å². The third-order valence-electron chi connectivity index (χ3n) is 6.22. The second-order valence-electron chi connectivity index (χ2n) is 8.49. The Kier molecular flexibility index (Phi) is 6.07. The van der Waals surface area contributed by atoms with E-state index in [0.29, 0.717) is 23.8 Å². The second kappa shape index (κ2) is 8.94. The molecule has 0 bridgehead atoms. The van der Waals surface area contributed by atoms with Gasteiger partial charge in [0.2, 0.25) is 0 Å². The molecule has 32 heavy (non-hydrogen) atoms. The lowest BCUT2D eigenvalue weighted by atomic mass is 9.93. The van der Waals surface area contributed by atoms with Crippen LogP contribution >= 0.6 is 0 Å². The monoisotopic (exact) mass is 438 g/mol. The van der Waals surface area contributed by atoms with E-state index in [1.54, 1.807) is 0 Å². The van der Waals surface area contributed by atoms with Crippen molar-refractivity contribution in [2.24, 2.45) is 11.0 Å². The number of fused-ring (bicyclic) bond motifs is 1. The number of nitrogens with zero attached hydrogens (tertiary/aromatic N) is 3. The first-order chi connectivity index (χ1) is 15.3. The predicted octanol–water partition coefficient (Wildman–Crippen LogP) is 3.84. The number of rotatable bonds is 4. The number of benzene rings is 1. The molecule has 1 fully saturated rings. The van der Waals surface area contributed by atoms with E-state index in [1.807, 2.05) is 11.8 Å². The van der Waals surface area contributed by atoms with Crippen LogP contribution in [-0.4, -0.2) is 40.4 Å². The Morgan fingerprint density at radius 1 is 1.19 bits per heavy atom. The van der Waals surface area contributed by atoms with Crippen molar-refractivity contribution < 1.29 is 18.9 Å². The molecule has 0 unspecified atom stereocenters. The number of furan rings is 1. The van der Waals surface area contributed by atoms with Crippen LogP contribution in [0.1, 0.15) is 70.4 Å². The molecule has 0 radical (unpaired) electrons. The Morgan fingerprint density at radius 2 is 1.88 bits per heavy atom. The first-order valence-corrected chi connectivity index (χ1v) is 10.9. The van der Waals surface area contributed by atoms with Gasteiger partial charge >= 0.3 is 0 Å². The first kappa shape index (κ1) is 21.7. The largest absolute Gasteiger partial charge is 0.455 e. The molecule has 4 rings (SSSR count).